The lowest BCUT2D eigenvalue weighted by Gasteiger charge is -2.24. The number of carboxylic acid groups (broad SMARTS) is 1. The van der Waals surface area contributed by atoms with Gasteiger partial charge in [-0.15, -0.1) is 0 Å². The average molecular weight is 476 g/mol. The standard InChI is InChI=1S/C21H22BrN3O3S/c1-12-9-10-16(15-8-6-5-7-14(12)15)25-17(22)11-23-20(25)29-21(3,4)19(28)24-13(2)18(26)27/h5-11,13H,1-4H3,(H,24,28)(H,26,27). The first kappa shape index (κ1) is 21.4. The smallest absolute Gasteiger partial charge is 0.325 e. The zero-order valence-corrected chi connectivity index (χ0v) is 19.0. The summed E-state index contributed by atoms with van der Waals surface area (Å²) in [6.45, 7) is 7.02. The molecule has 29 heavy (non-hydrogen) atoms. The van der Waals surface area contributed by atoms with Gasteiger partial charge in [0.2, 0.25) is 5.91 Å². The third kappa shape index (κ3) is 4.33. The minimum Gasteiger partial charge on any atom is -0.480 e. The molecular formula is C21H22BrN3O3S. The van der Waals surface area contributed by atoms with Crippen molar-refractivity contribution < 1.29 is 14.7 Å². The fraction of sp³-hybridized carbons (Fsp3) is 0.286. The minimum absolute atomic E-state index is 0.364. The van der Waals surface area contributed by atoms with E-state index in [1.54, 1.807) is 20.0 Å². The number of thioether (sulfide) groups is 1. The number of hydrogen-bond donors (Lipinski definition) is 2. The molecule has 0 fully saturated rings. The van der Waals surface area contributed by atoms with Crippen LogP contribution in [0.3, 0.4) is 0 Å². The van der Waals surface area contributed by atoms with Crippen LogP contribution in [0.15, 0.2) is 52.4 Å². The van der Waals surface area contributed by atoms with E-state index in [1.807, 2.05) is 22.8 Å². The van der Waals surface area contributed by atoms with Gasteiger partial charge in [-0.1, -0.05) is 42.1 Å². The second kappa shape index (κ2) is 8.20. The Bertz CT molecular complexity index is 1090. The number of nitrogens with one attached hydrogen (secondary N) is 1. The molecule has 0 aliphatic heterocycles. The molecule has 0 aliphatic rings. The topological polar surface area (TPSA) is 84.2 Å². The first-order valence-corrected chi connectivity index (χ1v) is 10.7. The molecule has 6 nitrogen and oxygen atoms in total. The number of carbonyl (C=O) groups is 2. The summed E-state index contributed by atoms with van der Waals surface area (Å²) in [5.41, 5.74) is 2.13. The minimum atomic E-state index is -1.07. The van der Waals surface area contributed by atoms with Crippen LogP contribution in [-0.2, 0) is 9.59 Å². The van der Waals surface area contributed by atoms with Crippen molar-refractivity contribution in [2.75, 3.05) is 0 Å². The summed E-state index contributed by atoms with van der Waals surface area (Å²) in [5, 5.41) is 14.5. The van der Waals surface area contributed by atoms with Crippen LogP contribution < -0.4 is 5.32 Å². The van der Waals surface area contributed by atoms with Crippen molar-refractivity contribution in [3.8, 4) is 5.69 Å². The first-order chi connectivity index (χ1) is 13.6. The van der Waals surface area contributed by atoms with Crippen molar-refractivity contribution in [2.45, 2.75) is 43.6 Å². The maximum absolute atomic E-state index is 12.7. The van der Waals surface area contributed by atoms with Gasteiger partial charge in [0.05, 0.1) is 16.6 Å². The van der Waals surface area contributed by atoms with Crippen molar-refractivity contribution in [3.05, 3.63) is 52.8 Å². The summed E-state index contributed by atoms with van der Waals surface area (Å²) < 4.78 is 1.80. The number of carbonyl (C=O) groups excluding carboxylic acids is 1. The van der Waals surface area contributed by atoms with E-state index in [2.05, 4.69) is 51.4 Å². The van der Waals surface area contributed by atoms with E-state index in [0.717, 1.165) is 21.1 Å². The Morgan fingerprint density at radius 3 is 2.52 bits per heavy atom. The van der Waals surface area contributed by atoms with E-state index in [-0.39, 0.29) is 5.91 Å². The van der Waals surface area contributed by atoms with Gasteiger partial charge in [-0.05, 0) is 60.6 Å². The zero-order valence-electron chi connectivity index (χ0n) is 16.6. The van der Waals surface area contributed by atoms with Gasteiger partial charge in [0.15, 0.2) is 5.16 Å². The van der Waals surface area contributed by atoms with Gasteiger partial charge in [-0.25, -0.2) is 4.98 Å². The van der Waals surface area contributed by atoms with Gasteiger partial charge in [-0.3, -0.25) is 14.2 Å². The number of amides is 1. The van der Waals surface area contributed by atoms with Gasteiger partial charge in [0.1, 0.15) is 10.6 Å². The van der Waals surface area contributed by atoms with Gasteiger partial charge in [-0.2, -0.15) is 0 Å². The molecule has 2 N–H and O–H groups in total. The molecule has 1 amide bonds. The predicted octanol–water partition coefficient (Wildman–Crippen LogP) is 4.56. The molecule has 1 heterocycles. The fourth-order valence-electron chi connectivity index (χ4n) is 2.94. The number of benzene rings is 2. The lowest BCUT2D eigenvalue weighted by atomic mass is 10.0. The van der Waals surface area contributed by atoms with E-state index in [1.165, 1.54) is 24.2 Å². The number of hydrogen-bond acceptors (Lipinski definition) is 4. The molecule has 0 bridgehead atoms. The molecule has 0 saturated heterocycles. The normalized spacial score (nSPS) is 12.7. The number of aliphatic carboxylic acids is 1. The van der Waals surface area contributed by atoms with Crippen LogP contribution >= 0.6 is 27.7 Å². The van der Waals surface area contributed by atoms with E-state index in [9.17, 15) is 9.59 Å². The van der Waals surface area contributed by atoms with Crippen molar-refractivity contribution in [2.24, 2.45) is 0 Å². The van der Waals surface area contributed by atoms with Gasteiger partial charge in [0.25, 0.3) is 0 Å². The number of carboxylic acids is 1. The van der Waals surface area contributed by atoms with Crippen LogP contribution in [0.5, 0.6) is 0 Å². The third-order valence-corrected chi connectivity index (χ3v) is 6.38. The summed E-state index contributed by atoms with van der Waals surface area (Å²) in [6, 6.07) is 11.3. The van der Waals surface area contributed by atoms with Crippen molar-refractivity contribution >= 4 is 50.3 Å². The quantitative estimate of drug-likeness (QED) is 0.510. The van der Waals surface area contributed by atoms with Crippen LogP contribution in [-0.4, -0.2) is 37.3 Å². The molecule has 1 atom stereocenters. The van der Waals surface area contributed by atoms with Gasteiger partial charge < -0.3 is 10.4 Å². The lowest BCUT2D eigenvalue weighted by Crippen LogP contribution is -2.47. The Balaban J connectivity index is 2.00. The van der Waals surface area contributed by atoms with E-state index >= 15 is 0 Å². The Morgan fingerprint density at radius 1 is 1.21 bits per heavy atom. The molecule has 0 radical (unpaired) electrons. The Kier molecular flexibility index (Phi) is 6.05. The molecule has 0 aliphatic carbocycles. The summed E-state index contributed by atoms with van der Waals surface area (Å²) in [6.07, 6.45) is 1.70. The lowest BCUT2D eigenvalue weighted by molar-refractivity contribution is -0.141. The van der Waals surface area contributed by atoms with Crippen LogP contribution in [0.1, 0.15) is 26.3 Å². The third-order valence-electron chi connectivity index (χ3n) is 4.66. The Hall–Kier alpha value is -2.32. The van der Waals surface area contributed by atoms with E-state index in [0.29, 0.717) is 5.16 Å². The van der Waals surface area contributed by atoms with E-state index in [4.69, 9.17) is 5.11 Å². The van der Waals surface area contributed by atoms with Crippen LogP contribution in [0.25, 0.3) is 16.5 Å². The van der Waals surface area contributed by atoms with E-state index < -0.39 is 16.8 Å². The molecule has 3 rings (SSSR count). The number of imidazole rings is 1. The predicted molar refractivity (Wildman–Crippen MR) is 119 cm³/mol. The molecular weight excluding hydrogens is 454 g/mol. The van der Waals surface area contributed by atoms with Crippen molar-refractivity contribution in [1.29, 1.82) is 0 Å². The maximum atomic E-state index is 12.7. The summed E-state index contributed by atoms with van der Waals surface area (Å²) >= 11 is 4.85. The molecule has 1 unspecified atom stereocenters. The van der Waals surface area contributed by atoms with Gasteiger partial charge >= 0.3 is 5.97 Å². The SMILES string of the molecule is Cc1ccc(-n2c(Br)cnc2SC(C)(C)C(=O)NC(C)C(=O)O)c2ccccc12. The maximum Gasteiger partial charge on any atom is 0.325 e. The first-order valence-electron chi connectivity index (χ1n) is 9.06. The largest absolute Gasteiger partial charge is 0.480 e. The molecule has 3 aromatic rings. The molecule has 8 heteroatoms. The van der Waals surface area contributed by atoms with Crippen LogP contribution in [0.4, 0.5) is 0 Å². The monoisotopic (exact) mass is 475 g/mol. The molecule has 0 spiro atoms. The number of aromatic nitrogens is 2. The number of rotatable bonds is 6. The highest BCUT2D eigenvalue weighted by molar-refractivity contribution is 9.10. The summed E-state index contributed by atoms with van der Waals surface area (Å²) in [5.74, 6) is -1.44. The molecule has 1 aromatic heterocycles. The van der Waals surface area contributed by atoms with Crippen molar-refractivity contribution in [3.63, 3.8) is 0 Å². The van der Waals surface area contributed by atoms with Crippen LogP contribution in [0.2, 0.25) is 0 Å². The number of nitrogens with zero attached hydrogens (tertiary/aromatic N) is 2. The molecule has 2 aromatic carbocycles. The second-order valence-electron chi connectivity index (χ2n) is 7.29. The Labute approximate surface area is 181 Å². The highest BCUT2D eigenvalue weighted by Crippen LogP contribution is 2.37. The van der Waals surface area contributed by atoms with Gasteiger partial charge in [0, 0.05) is 5.39 Å². The second-order valence-corrected chi connectivity index (χ2v) is 9.69. The van der Waals surface area contributed by atoms with Crippen molar-refractivity contribution in [1.82, 2.24) is 14.9 Å². The highest BCUT2D eigenvalue weighted by Gasteiger charge is 2.33. The zero-order chi connectivity index (χ0) is 21.3. The summed E-state index contributed by atoms with van der Waals surface area (Å²) in [7, 11) is 0. The summed E-state index contributed by atoms with van der Waals surface area (Å²) in [4.78, 5) is 28.2. The number of fused-ring (bicyclic) bond motifs is 1. The average Bonchev–Trinajstić information content (AvgIpc) is 3.01. The molecule has 0 saturated carbocycles. The molecule has 152 valence electrons. The number of halogens is 1. The highest BCUT2D eigenvalue weighted by atomic mass is 79.9. The number of aryl methyl sites for hydroxylation is 1. The fourth-order valence-corrected chi connectivity index (χ4v) is 4.52. The Morgan fingerprint density at radius 2 is 1.86 bits per heavy atom. The van der Waals surface area contributed by atoms with Crippen LogP contribution in [0, 0.1) is 6.92 Å².